The molecule has 0 atom stereocenters. The molecule has 0 aliphatic carbocycles. The maximum atomic E-state index is 13.5. The van der Waals surface area contributed by atoms with E-state index in [1.807, 2.05) is 0 Å². The van der Waals surface area contributed by atoms with Crippen LogP contribution in [-0.2, 0) is 4.74 Å². The number of nitrogens with two attached hydrogens (primary N) is 1. The van der Waals surface area contributed by atoms with E-state index in [1.165, 1.54) is 13.2 Å². The monoisotopic (exact) mass is 197 g/mol. The van der Waals surface area contributed by atoms with E-state index in [1.54, 1.807) is 13.8 Å². The summed E-state index contributed by atoms with van der Waals surface area (Å²) in [6.07, 6.45) is 0. The molecule has 0 aliphatic rings. The summed E-state index contributed by atoms with van der Waals surface area (Å²) in [7, 11) is 1.21. The van der Waals surface area contributed by atoms with Gasteiger partial charge in [-0.1, -0.05) is 0 Å². The van der Waals surface area contributed by atoms with Crippen LogP contribution in [0.4, 0.5) is 10.1 Å². The summed E-state index contributed by atoms with van der Waals surface area (Å²) < 4.78 is 18.0. The van der Waals surface area contributed by atoms with E-state index in [0.717, 1.165) is 0 Å². The summed E-state index contributed by atoms with van der Waals surface area (Å²) in [6.45, 7) is 3.14. The number of methoxy groups -OCH3 is 1. The highest BCUT2D eigenvalue weighted by atomic mass is 19.1. The van der Waals surface area contributed by atoms with Gasteiger partial charge in [-0.2, -0.15) is 0 Å². The highest BCUT2D eigenvalue weighted by Gasteiger charge is 2.19. The third kappa shape index (κ3) is 1.55. The normalized spacial score (nSPS) is 10.0. The van der Waals surface area contributed by atoms with E-state index in [0.29, 0.717) is 16.8 Å². The van der Waals surface area contributed by atoms with Crippen molar-refractivity contribution in [3.05, 3.63) is 28.6 Å². The molecule has 0 radical (unpaired) electrons. The molecule has 76 valence electrons. The topological polar surface area (TPSA) is 52.3 Å². The van der Waals surface area contributed by atoms with Crippen molar-refractivity contribution in [1.82, 2.24) is 0 Å². The van der Waals surface area contributed by atoms with Crippen LogP contribution in [0, 0.1) is 19.7 Å². The van der Waals surface area contributed by atoms with Crippen LogP contribution in [0.1, 0.15) is 21.5 Å². The summed E-state index contributed by atoms with van der Waals surface area (Å²) in [5.41, 5.74) is 6.68. The van der Waals surface area contributed by atoms with Crippen molar-refractivity contribution in [2.45, 2.75) is 13.8 Å². The van der Waals surface area contributed by atoms with Crippen LogP contribution >= 0.6 is 0 Å². The Kier molecular flexibility index (Phi) is 2.74. The molecule has 1 aromatic rings. The number of rotatable bonds is 1. The first-order valence-corrected chi connectivity index (χ1v) is 4.12. The predicted octanol–water partition coefficient (Wildman–Crippen LogP) is 1.81. The predicted molar refractivity (Wildman–Crippen MR) is 51.6 cm³/mol. The van der Waals surface area contributed by atoms with Crippen molar-refractivity contribution >= 4 is 11.7 Å². The van der Waals surface area contributed by atoms with Crippen LogP contribution in [0.5, 0.6) is 0 Å². The molecule has 1 rings (SSSR count). The second kappa shape index (κ2) is 3.65. The molecule has 0 unspecified atom stereocenters. The molecule has 4 heteroatoms. The maximum absolute atomic E-state index is 13.5. The summed E-state index contributed by atoms with van der Waals surface area (Å²) in [5, 5.41) is 0. The van der Waals surface area contributed by atoms with Gasteiger partial charge in [0.1, 0.15) is 11.4 Å². The van der Waals surface area contributed by atoms with Gasteiger partial charge >= 0.3 is 5.97 Å². The molecule has 0 saturated heterocycles. The summed E-state index contributed by atoms with van der Waals surface area (Å²) in [6, 6.07) is 1.50. The minimum atomic E-state index is -0.699. The maximum Gasteiger partial charge on any atom is 0.341 e. The van der Waals surface area contributed by atoms with Crippen LogP contribution < -0.4 is 5.73 Å². The summed E-state index contributed by atoms with van der Waals surface area (Å²) >= 11 is 0. The van der Waals surface area contributed by atoms with Crippen molar-refractivity contribution in [3.8, 4) is 0 Å². The first-order valence-electron chi connectivity index (χ1n) is 4.12. The number of aryl methyl sites for hydroxylation is 1. The van der Waals surface area contributed by atoms with Gasteiger partial charge in [0.2, 0.25) is 0 Å². The molecule has 0 saturated carbocycles. The molecule has 0 bridgehead atoms. The number of hydrogen-bond donors (Lipinski definition) is 1. The minimum absolute atomic E-state index is 0.0787. The molecular formula is C10H12FNO2. The van der Waals surface area contributed by atoms with E-state index in [2.05, 4.69) is 4.74 Å². The standard InChI is InChI=1S/C10H12FNO2/c1-5-4-7(12)6(2)8(9(5)11)10(13)14-3/h4H,12H2,1-3H3. The van der Waals surface area contributed by atoms with Crippen LogP contribution in [0.2, 0.25) is 0 Å². The SMILES string of the molecule is COC(=O)c1c(C)c(N)cc(C)c1F. The van der Waals surface area contributed by atoms with Gasteiger partial charge in [0, 0.05) is 5.69 Å². The zero-order valence-electron chi connectivity index (χ0n) is 8.35. The number of ether oxygens (including phenoxy) is 1. The molecule has 3 nitrogen and oxygen atoms in total. The highest BCUT2D eigenvalue weighted by molar-refractivity contribution is 5.93. The third-order valence-electron chi connectivity index (χ3n) is 2.14. The van der Waals surface area contributed by atoms with E-state index in [4.69, 9.17) is 5.73 Å². The van der Waals surface area contributed by atoms with Gasteiger partial charge in [-0.3, -0.25) is 0 Å². The number of nitrogen functional groups attached to an aromatic ring is 1. The molecule has 0 fully saturated rings. The lowest BCUT2D eigenvalue weighted by Crippen LogP contribution is -2.10. The molecular weight excluding hydrogens is 185 g/mol. The average molecular weight is 197 g/mol. The van der Waals surface area contributed by atoms with Crippen molar-refractivity contribution in [1.29, 1.82) is 0 Å². The van der Waals surface area contributed by atoms with E-state index >= 15 is 0 Å². The molecule has 0 amide bonds. The van der Waals surface area contributed by atoms with Crippen molar-refractivity contribution in [2.75, 3.05) is 12.8 Å². The number of halogens is 1. The van der Waals surface area contributed by atoms with Crippen molar-refractivity contribution in [3.63, 3.8) is 0 Å². The Hall–Kier alpha value is -1.58. The Morgan fingerprint density at radius 2 is 2.07 bits per heavy atom. The Labute approximate surface area is 81.7 Å². The largest absolute Gasteiger partial charge is 0.465 e. The number of benzene rings is 1. The van der Waals surface area contributed by atoms with E-state index in [-0.39, 0.29) is 5.56 Å². The van der Waals surface area contributed by atoms with E-state index in [9.17, 15) is 9.18 Å². The van der Waals surface area contributed by atoms with Gasteiger partial charge in [0.05, 0.1) is 7.11 Å². The van der Waals surface area contributed by atoms with Crippen LogP contribution in [0.25, 0.3) is 0 Å². The Bertz CT molecular complexity index is 362. The number of hydrogen-bond acceptors (Lipinski definition) is 3. The first-order chi connectivity index (χ1) is 6.49. The van der Waals surface area contributed by atoms with Crippen LogP contribution in [-0.4, -0.2) is 13.1 Å². The quantitative estimate of drug-likeness (QED) is 0.551. The van der Waals surface area contributed by atoms with Gasteiger partial charge in [0.25, 0.3) is 0 Å². The first kappa shape index (κ1) is 10.5. The molecule has 2 N–H and O–H groups in total. The van der Waals surface area contributed by atoms with Crippen molar-refractivity contribution < 1.29 is 13.9 Å². The Morgan fingerprint density at radius 1 is 1.50 bits per heavy atom. The lowest BCUT2D eigenvalue weighted by molar-refractivity contribution is 0.0594. The summed E-state index contributed by atoms with van der Waals surface area (Å²) in [5.74, 6) is -1.26. The fourth-order valence-electron chi connectivity index (χ4n) is 1.26. The fraction of sp³-hybridized carbons (Fsp3) is 0.300. The molecule has 0 aromatic heterocycles. The number of anilines is 1. The van der Waals surface area contributed by atoms with Gasteiger partial charge in [-0.05, 0) is 31.0 Å². The van der Waals surface area contributed by atoms with Gasteiger partial charge in [-0.25, -0.2) is 9.18 Å². The average Bonchev–Trinajstić information content (AvgIpc) is 2.15. The molecule has 0 heterocycles. The molecule has 0 spiro atoms. The van der Waals surface area contributed by atoms with Crippen LogP contribution in [0.15, 0.2) is 6.07 Å². The molecule has 1 aromatic carbocycles. The van der Waals surface area contributed by atoms with Crippen molar-refractivity contribution in [2.24, 2.45) is 0 Å². The zero-order chi connectivity index (χ0) is 10.9. The minimum Gasteiger partial charge on any atom is -0.465 e. The Balaban J connectivity index is 3.47. The van der Waals surface area contributed by atoms with Gasteiger partial charge < -0.3 is 10.5 Å². The van der Waals surface area contributed by atoms with E-state index < -0.39 is 11.8 Å². The molecule has 0 aliphatic heterocycles. The lowest BCUT2D eigenvalue weighted by atomic mass is 10.0. The summed E-state index contributed by atoms with van der Waals surface area (Å²) in [4.78, 5) is 11.2. The van der Waals surface area contributed by atoms with Gasteiger partial charge in [0.15, 0.2) is 0 Å². The lowest BCUT2D eigenvalue weighted by Gasteiger charge is -2.09. The second-order valence-corrected chi connectivity index (χ2v) is 3.09. The van der Waals surface area contributed by atoms with Gasteiger partial charge in [-0.15, -0.1) is 0 Å². The number of carbonyl (C=O) groups is 1. The second-order valence-electron chi connectivity index (χ2n) is 3.09. The zero-order valence-corrected chi connectivity index (χ0v) is 8.35. The van der Waals surface area contributed by atoms with Crippen LogP contribution in [0.3, 0.4) is 0 Å². The third-order valence-corrected chi connectivity index (χ3v) is 2.14. The number of esters is 1. The molecule has 14 heavy (non-hydrogen) atoms. The number of carbonyl (C=O) groups excluding carboxylic acids is 1. The fourth-order valence-corrected chi connectivity index (χ4v) is 1.26. The highest BCUT2D eigenvalue weighted by Crippen LogP contribution is 2.23. The Morgan fingerprint density at radius 3 is 2.57 bits per heavy atom. The smallest absolute Gasteiger partial charge is 0.341 e.